The molecule has 8 nitrogen and oxygen atoms in total. The molecule has 35 heavy (non-hydrogen) atoms. The van der Waals surface area contributed by atoms with E-state index in [4.69, 9.17) is 32.7 Å². The molecule has 0 radical (unpaired) electrons. The van der Waals surface area contributed by atoms with E-state index in [9.17, 15) is 17.6 Å². The van der Waals surface area contributed by atoms with Crippen LogP contribution in [0.3, 0.4) is 0 Å². The summed E-state index contributed by atoms with van der Waals surface area (Å²) in [5, 5.41) is 0.0476. The lowest BCUT2D eigenvalue weighted by atomic mass is 10.2. The molecule has 0 atom stereocenters. The van der Waals surface area contributed by atoms with Crippen molar-refractivity contribution in [3.8, 4) is 17.4 Å². The summed E-state index contributed by atoms with van der Waals surface area (Å²) in [5.41, 5.74) is 0.0937. The fourth-order valence-corrected chi connectivity index (χ4v) is 3.91. The van der Waals surface area contributed by atoms with Crippen LogP contribution in [-0.2, 0) is 16.8 Å². The smallest absolute Gasteiger partial charge is 0.301 e. The first-order valence-corrected chi connectivity index (χ1v) is 12.6. The fourth-order valence-electron chi connectivity index (χ4n) is 2.71. The molecule has 186 valence electrons. The van der Waals surface area contributed by atoms with Gasteiger partial charge in [0.25, 0.3) is 5.91 Å². The van der Waals surface area contributed by atoms with Gasteiger partial charge in [-0.3, -0.25) is 4.79 Å². The second kappa shape index (κ2) is 11.7. The number of nitrogens with zero attached hydrogens (tertiary/aromatic N) is 1. The molecule has 3 rings (SSSR count). The van der Waals surface area contributed by atoms with Crippen LogP contribution in [0, 0.1) is 11.7 Å². The second-order valence-corrected chi connectivity index (χ2v) is 10.1. The Bertz CT molecular complexity index is 1310. The van der Waals surface area contributed by atoms with E-state index in [1.54, 1.807) is 35.1 Å². The highest BCUT2D eigenvalue weighted by atomic mass is 35.5. The minimum atomic E-state index is -4.26. The molecular formula is C23H22Cl2FN3O5S. The normalized spacial score (nSPS) is 11.4. The molecule has 12 heteroatoms. The Morgan fingerprint density at radius 2 is 1.83 bits per heavy atom. The summed E-state index contributed by atoms with van der Waals surface area (Å²) in [6.45, 7) is 4.31. The molecule has 0 aliphatic rings. The molecule has 0 fully saturated rings. The van der Waals surface area contributed by atoms with Gasteiger partial charge in [-0.2, -0.15) is 13.1 Å². The van der Waals surface area contributed by atoms with Crippen molar-refractivity contribution in [1.82, 2.24) is 14.4 Å². The zero-order valence-corrected chi connectivity index (χ0v) is 21.0. The van der Waals surface area contributed by atoms with Crippen LogP contribution in [0.15, 0.2) is 54.7 Å². The van der Waals surface area contributed by atoms with Crippen molar-refractivity contribution >= 4 is 39.3 Å². The van der Waals surface area contributed by atoms with Crippen LogP contribution in [-0.4, -0.2) is 25.9 Å². The highest BCUT2D eigenvalue weighted by Crippen LogP contribution is 2.34. The standard InChI is InChI=1S/C23H22Cl2FN3O5S/c1-14(2)13-33-23-19(25)8-16(12-27-23)34-21-10-20(26)17(9-18(21)24)22(30)29-35(31,32)28-11-15-6-4-3-5-7-15/h3-10,12,14,28H,11,13H2,1-2H3,(H,29,30). The number of hydrogen-bond donors (Lipinski definition) is 2. The third-order valence-corrected chi connectivity index (χ3v) is 5.91. The van der Waals surface area contributed by atoms with Gasteiger partial charge in [0, 0.05) is 18.7 Å². The second-order valence-electron chi connectivity index (χ2n) is 7.77. The molecule has 0 unspecified atom stereocenters. The largest absolute Gasteiger partial charge is 0.476 e. The van der Waals surface area contributed by atoms with Gasteiger partial charge in [-0.1, -0.05) is 67.4 Å². The van der Waals surface area contributed by atoms with E-state index in [0.717, 1.165) is 12.1 Å². The highest BCUT2D eigenvalue weighted by Gasteiger charge is 2.21. The Labute approximate surface area is 212 Å². The van der Waals surface area contributed by atoms with E-state index in [-0.39, 0.29) is 39.9 Å². The van der Waals surface area contributed by atoms with Crippen molar-refractivity contribution in [3.05, 3.63) is 81.7 Å². The molecule has 0 saturated carbocycles. The maximum atomic E-state index is 14.7. The van der Waals surface area contributed by atoms with Crippen molar-refractivity contribution in [3.63, 3.8) is 0 Å². The predicted molar refractivity (Wildman–Crippen MR) is 131 cm³/mol. The monoisotopic (exact) mass is 541 g/mol. The molecule has 1 amide bonds. The van der Waals surface area contributed by atoms with Crippen LogP contribution in [0.5, 0.6) is 17.4 Å². The number of carbonyl (C=O) groups is 1. The van der Waals surface area contributed by atoms with Gasteiger partial charge >= 0.3 is 10.2 Å². The number of nitrogens with one attached hydrogen (secondary N) is 2. The third kappa shape index (κ3) is 7.79. The lowest BCUT2D eigenvalue weighted by molar-refractivity contribution is 0.0977. The topological polar surface area (TPSA) is 107 Å². The van der Waals surface area contributed by atoms with Gasteiger partial charge in [0.2, 0.25) is 5.88 Å². The van der Waals surface area contributed by atoms with Gasteiger partial charge in [0.1, 0.15) is 22.3 Å². The molecule has 1 aromatic heterocycles. The minimum Gasteiger partial charge on any atom is -0.476 e. The molecule has 2 N–H and O–H groups in total. The molecule has 0 bridgehead atoms. The van der Waals surface area contributed by atoms with Crippen LogP contribution < -0.4 is 18.9 Å². The van der Waals surface area contributed by atoms with Gasteiger partial charge < -0.3 is 9.47 Å². The SMILES string of the molecule is CC(C)COc1ncc(Oc2cc(F)c(C(=O)NS(=O)(=O)NCc3ccccc3)cc2Cl)cc1Cl. The van der Waals surface area contributed by atoms with Crippen LogP contribution in [0.25, 0.3) is 0 Å². The van der Waals surface area contributed by atoms with Crippen molar-refractivity contribution in [2.24, 2.45) is 5.92 Å². The van der Waals surface area contributed by atoms with Crippen LogP contribution in [0.1, 0.15) is 29.8 Å². The summed E-state index contributed by atoms with van der Waals surface area (Å²) in [6.07, 6.45) is 1.32. The summed E-state index contributed by atoms with van der Waals surface area (Å²) < 4.78 is 54.0. The maximum Gasteiger partial charge on any atom is 0.301 e. The maximum absolute atomic E-state index is 14.7. The van der Waals surface area contributed by atoms with Crippen LogP contribution in [0.4, 0.5) is 4.39 Å². The molecule has 1 heterocycles. The van der Waals surface area contributed by atoms with Crippen LogP contribution >= 0.6 is 23.2 Å². The zero-order chi connectivity index (χ0) is 25.6. The average Bonchev–Trinajstić information content (AvgIpc) is 2.79. The van der Waals surface area contributed by atoms with E-state index >= 15 is 0 Å². The lowest BCUT2D eigenvalue weighted by Gasteiger charge is -2.13. The summed E-state index contributed by atoms with van der Waals surface area (Å²) in [5.74, 6) is -1.73. The van der Waals surface area contributed by atoms with Gasteiger partial charge in [-0.15, -0.1) is 0 Å². The number of amides is 1. The minimum absolute atomic E-state index is 0.0582. The molecule has 3 aromatic rings. The number of halogens is 3. The quantitative estimate of drug-likeness (QED) is 0.369. The van der Waals surface area contributed by atoms with E-state index in [2.05, 4.69) is 9.71 Å². The first kappa shape index (κ1) is 26.7. The molecule has 0 spiro atoms. The van der Waals surface area contributed by atoms with Crippen molar-refractivity contribution < 1.29 is 27.1 Å². The molecular weight excluding hydrogens is 520 g/mol. The zero-order valence-electron chi connectivity index (χ0n) is 18.7. The first-order chi connectivity index (χ1) is 16.5. The van der Waals surface area contributed by atoms with E-state index < -0.39 is 27.5 Å². The van der Waals surface area contributed by atoms with E-state index in [0.29, 0.717) is 12.2 Å². The summed E-state index contributed by atoms with van der Waals surface area (Å²) in [6, 6.07) is 11.9. The van der Waals surface area contributed by atoms with Gasteiger partial charge in [0.05, 0.1) is 23.4 Å². The molecule has 0 aliphatic carbocycles. The Kier molecular flexibility index (Phi) is 8.90. The number of pyridine rings is 1. The first-order valence-electron chi connectivity index (χ1n) is 10.3. The Hall–Kier alpha value is -2.92. The number of benzene rings is 2. The van der Waals surface area contributed by atoms with E-state index in [1.807, 2.05) is 13.8 Å². The Morgan fingerprint density at radius 3 is 2.49 bits per heavy atom. The van der Waals surface area contributed by atoms with Gasteiger partial charge in [-0.05, 0) is 17.5 Å². The lowest BCUT2D eigenvalue weighted by Crippen LogP contribution is -2.40. The Morgan fingerprint density at radius 1 is 1.11 bits per heavy atom. The van der Waals surface area contributed by atoms with Crippen molar-refractivity contribution in [2.45, 2.75) is 20.4 Å². The van der Waals surface area contributed by atoms with E-state index in [1.165, 1.54) is 12.3 Å². The summed E-state index contributed by atoms with van der Waals surface area (Å²) >= 11 is 12.3. The number of hydrogen-bond acceptors (Lipinski definition) is 6. The predicted octanol–water partition coefficient (Wildman–Crippen LogP) is 5.12. The van der Waals surface area contributed by atoms with Gasteiger partial charge in [-0.25, -0.2) is 14.1 Å². The summed E-state index contributed by atoms with van der Waals surface area (Å²) in [7, 11) is -4.26. The Balaban J connectivity index is 1.69. The fraction of sp³-hybridized carbons (Fsp3) is 0.217. The molecule has 0 aliphatic heterocycles. The summed E-state index contributed by atoms with van der Waals surface area (Å²) in [4.78, 5) is 16.5. The molecule has 2 aromatic carbocycles. The number of ether oxygens (including phenoxy) is 2. The molecule has 0 saturated heterocycles. The van der Waals surface area contributed by atoms with Gasteiger partial charge in [0.15, 0.2) is 0 Å². The third-order valence-electron chi connectivity index (χ3n) is 4.37. The number of rotatable bonds is 10. The van der Waals surface area contributed by atoms with Crippen molar-refractivity contribution in [2.75, 3.05) is 6.61 Å². The highest BCUT2D eigenvalue weighted by molar-refractivity contribution is 7.88. The van der Waals surface area contributed by atoms with Crippen molar-refractivity contribution in [1.29, 1.82) is 0 Å². The number of carbonyl (C=O) groups excluding carboxylic acids is 1. The van der Waals surface area contributed by atoms with Crippen LogP contribution in [0.2, 0.25) is 10.0 Å². The average molecular weight is 542 g/mol. The number of aromatic nitrogens is 1.